The van der Waals surface area contributed by atoms with Crippen LogP contribution in [-0.4, -0.2) is 23.9 Å². The summed E-state index contributed by atoms with van der Waals surface area (Å²) in [5.74, 6) is -2.37. The van der Waals surface area contributed by atoms with Crippen LogP contribution in [0.5, 0.6) is 0 Å². The summed E-state index contributed by atoms with van der Waals surface area (Å²) >= 11 is 0. The van der Waals surface area contributed by atoms with Crippen molar-refractivity contribution in [2.45, 2.75) is 18.5 Å². The van der Waals surface area contributed by atoms with Crippen molar-refractivity contribution in [3.8, 4) is 0 Å². The number of halogens is 3. The Labute approximate surface area is 107 Å². The fraction of sp³-hybridized carbons (Fsp3) is 0.417. The van der Waals surface area contributed by atoms with E-state index in [-0.39, 0.29) is 11.8 Å². The van der Waals surface area contributed by atoms with E-state index in [1.165, 1.54) is 24.3 Å². The molecule has 7 heteroatoms. The lowest BCUT2D eigenvalue weighted by atomic mass is 9.72. The molecule has 0 heterocycles. The van der Waals surface area contributed by atoms with Crippen LogP contribution in [0, 0.1) is 16.0 Å². The monoisotopic (exact) mass is 275 g/mol. The van der Waals surface area contributed by atoms with Gasteiger partial charge in [0.05, 0.1) is 5.41 Å². The first-order chi connectivity index (χ1) is 8.71. The molecule has 0 bridgehead atoms. The number of nitro groups is 1. The molecule has 0 saturated heterocycles. The molecule has 0 saturated carbocycles. The van der Waals surface area contributed by atoms with Gasteiger partial charge in [0, 0.05) is 4.92 Å². The summed E-state index contributed by atoms with van der Waals surface area (Å²) in [5, 5.41) is 10.4. The van der Waals surface area contributed by atoms with Gasteiger partial charge < -0.3 is 4.79 Å². The van der Waals surface area contributed by atoms with Crippen molar-refractivity contribution in [2.75, 3.05) is 6.54 Å². The molecule has 2 atom stereocenters. The minimum atomic E-state index is -4.83. The Kier molecular flexibility index (Phi) is 4.28. The molecule has 104 valence electrons. The van der Waals surface area contributed by atoms with Crippen molar-refractivity contribution in [3.05, 3.63) is 46.0 Å². The number of nitrogens with zero attached hydrogens (tertiary/aromatic N) is 1. The molecule has 1 rings (SSSR count). The topological polar surface area (TPSA) is 60.2 Å². The molecule has 0 aliphatic rings. The lowest BCUT2D eigenvalue weighted by molar-refractivity contribution is -0.499. The van der Waals surface area contributed by atoms with Gasteiger partial charge >= 0.3 is 6.18 Å². The molecule has 0 spiro atoms. The van der Waals surface area contributed by atoms with Gasteiger partial charge in [-0.3, -0.25) is 10.1 Å². The first-order valence-electron chi connectivity index (χ1n) is 5.42. The quantitative estimate of drug-likeness (QED) is 0.471. The second-order valence-electron chi connectivity index (χ2n) is 4.38. The van der Waals surface area contributed by atoms with E-state index in [1.807, 2.05) is 0 Å². The number of benzene rings is 1. The van der Waals surface area contributed by atoms with Crippen molar-refractivity contribution >= 4 is 6.29 Å². The number of aldehydes is 1. The lowest BCUT2D eigenvalue weighted by Crippen LogP contribution is -2.46. The summed E-state index contributed by atoms with van der Waals surface area (Å²) < 4.78 is 39.0. The predicted molar refractivity (Wildman–Crippen MR) is 61.3 cm³/mol. The molecule has 0 fully saturated rings. The first kappa shape index (κ1) is 15.1. The Bertz CT molecular complexity index is 461. The summed E-state index contributed by atoms with van der Waals surface area (Å²) in [6.07, 6.45) is -4.71. The van der Waals surface area contributed by atoms with Gasteiger partial charge in [0.25, 0.3) is 0 Å². The number of hydrogen-bond acceptors (Lipinski definition) is 3. The third-order valence-electron chi connectivity index (χ3n) is 3.09. The lowest BCUT2D eigenvalue weighted by Gasteiger charge is -2.32. The molecule has 0 N–H and O–H groups in total. The Hall–Kier alpha value is -1.92. The molecule has 0 amide bonds. The number of carbonyl (C=O) groups excluding carboxylic acids is 1. The molecule has 0 aliphatic heterocycles. The zero-order valence-electron chi connectivity index (χ0n) is 10.1. The number of rotatable bonds is 5. The van der Waals surface area contributed by atoms with Gasteiger partial charge in [-0.15, -0.1) is 0 Å². The summed E-state index contributed by atoms with van der Waals surface area (Å²) in [6, 6.07) is 7.26. The molecular formula is C12H12F3NO3. The first-order valence-corrected chi connectivity index (χ1v) is 5.42. The van der Waals surface area contributed by atoms with Gasteiger partial charge in [-0.05, 0) is 12.5 Å². The van der Waals surface area contributed by atoms with Crippen molar-refractivity contribution in [1.82, 2.24) is 0 Å². The molecule has 4 nitrogen and oxygen atoms in total. The van der Waals surface area contributed by atoms with Crippen molar-refractivity contribution in [1.29, 1.82) is 0 Å². The minimum Gasteiger partial charge on any atom is -0.302 e. The maximum absolute atomic E-state index is 13.0. The molecule has 0 radical (unpaired) electrons. The highest BCUT2D eigenvalue weighted by Gasteiger charge is 2.55. The van der Waals surface area contributed by atoms with Crippen LogP contribution in [0.15, 0.2) is 30.3 Å². The van der Waals surface area contributed by atoms with Gasteiger partial charge in [-0.25, -0.2) is 0 Å². The van der Waals surface area contributed by atoms with E-state index < -0.39 is 29.0 Å². The second kappa shape index (κ2) is 5.38. The smallest absolute Gasteiger partial charge is 0.302 e. The van der Waals surface area contributed by atoms with Crippen LogP contribution in [0.25, 0.3) is 0 Å². The average molecular weight is 275 g/mol. The Morgan fingerprint density at radius 1 is 1.32 bits per heavy atom. The van der Waals surface area contributed by atoms with Crippen LogP contribution >= 0.6 is 0 Å². The molecule has 1 aromatic rings. The average Bonchev–Trinajstić information content (AvgIpc) is 2.35. The largest absolute Gasteiger partial charge is 0.399 e. The zero-order chi connectivity index (χ0) is 14.7. The van der Waals surface area contributed by atoms with Crippen LogP contribution in [0.3, 0.4) is 0 Å². The normalized spacial score (nSPS) is 16.4. The Morgan fingerprint density at radius 3 is 2.21 bits per heavy atom. The third kappa shape index (κ3) is 3.30. The summed E-state index contributed by atoms with van der Waals surface area (Å²) in [7, 11) is 0. The minimum absolute atomic E-state index is 0.106. The van der Waals surface area contributed by atoms with Gasteiger partial charge in [-0.2, -0.15) is 13.2 Å². The van der Waals surface area contributed by atoms with Gasteiger partial charge in [0.2, 0.25) is 6.54 Å². The van der Waals surface area contributed by atoms with E-state index in [9.17, 15) is 28.1 Å². The second-order valence-corrected chi connectivity index (χ2v) is 4.38. The molecular weight excluding hydrogens is 263 g/mol. The molecule has 0 aromatic heterocycles. The SMILES string of the molecule is C[C@@](C=O)(c1ccccc1)[C@H](C[N+](=O)[O-])C(F)(F)F. The van der Waals surface area contributed by atoms with Gasteiger partial charge in [0.1, 0.15) is 12.2 Å². The third-order valence-corrected chi connectivity index (χ3v) is 3.09. The van der Waals surface area contributed by atoms with Crippen molar-refractivity contribution in [2.24, 2.45) is 5.92 Å². The maximum atomic E-state index is 13.0. The number of alkyl halides is 3. The molecule has 19 heavy (non-hydrogen) atoms. The van der Waals surface area contributed by atoms with Gasteiger partial charge in [0.15, 0.2) is 0 Å². The Balaban J connectivity index is 3.30. The highest BCUT2D eigenvalue weighted by Crippen LogP contribution is 2.41. The van der Waals surface area contributed by atoms with Gasteiger partial charge in [-0.1, -0.05) is 30.3 Å². The van der Waals surface area contributed by atoms with Crippen LogP contribution < -0.4 is 0 Å². The van der Waals surface area contributed by atoms with E-state index in [0.717, 1.165) is 6.92 Å². The van der Waals surface area contributed by atoms with E-state index in [4.69, 9.17) is 0 Å². The van der Waals surface area contributed by atoms with E-state index in [0.29, 0.717) is 0 Å². The predicted octanol–water partition coefficient (Wildman–Crippen LogP) is 2.60. The standard InChI is InChI=1S/C12H12F3NO3/c1-11(8-17,9-5-3-2-4-6-9)10(7-16(18)19)12(13,14)15/h2-6,8,10H,7H2,1H3/t10-,11+/m0/s1. The number of hydrogen-bond donors (Lipinski definition) is 0. The van der Waals surface area contributed by atoms with Crippen molar-refractivity contribution < 1.29 is 22.9 Å². The van der Waals surface area contributed by atoms with Crippen molar-refractivity contribution in [3.63, 3.8) is 0 Å². The number of carbonyl (C=O) groups is 1. The summed E-state index contributed by atoms with van der Waals surface area (Å²) in [4.78, 5) is 20.6. The molecule has 0 aliphatic carbocycles. The fourth-order valence-electron chi connectivity index (χ4n) is 1.93. The van der Waals surface area contributed by atoms with Crippen LogP contribution in [0.1, 0.15) is 12.5 Å². The Morgan fingerprint density at radius 2 is 1.84 bits per heavy atom. The summed E-state index contributed by atoms with van der Waals surface area (Å²) in [6.45, 7) is -0.273. The molecule has 1 aromatic carbocycles. The van der Waals surface area contributed by atoms with E-state index in [1.54, 1.807) is 6.07 Å². The van der Waals surface area contributed by atoms with E-state index in [2.05, 4.69) is 0 Å². The van der Waals surface area contributed by atoms with Crippen LogP contribution in [0.4, 0.5) is 13.2 Å². The van der Waals surface area contributed by atoms with Crippen LogP contribution in [-0.2, 0) is 10.2 Å². The summed E-state index contributed by atoms with van der Waals surface area (Å²) in [5.41, 5.74) is -1.87. The highest BCUT2D eigenvalue weighted by atomic mass is 19.4. The molecule has 0 unspecified atom stereocenters. The highest BCUT2D eigenvalue weighted by molar-refractivity contribution is 5.68. The maximum Gasteiger partial charge on any atom is 0.399 e. The van der Waals surface area contributed by atoms with Crippen LogP contribution in [0.2, 0.25) is 0 Å². The zero-order valence-corrected chi connectivity index (χ0v) is 10.1. The van der Waals surface area contributed by atoms with E-state index >= 15 is 0 Å². The fourth-order valence-corrected chi connectivity index (χ4v) is 1.93.